The molecule has 1 unspecified atom stereocenters. The van der Waals surface area contributed by atoms with Crippen molar-refractivity contribution in [3.63, 3.8) is 0 Å². The second kappa shape index (κ2) is 6.31. The van der Waals surface area contributed by atoms with Crippen molar-refractivity contribution in [1.82, 2.24) is 10.5 Å². The number of aromatic nitrogens is 1. The van der Waals surface area contributed by atoms with Gasteiger partial charge in [0.2, 0.25) is 0 Å². The summed E-state index contributed by atoms with van der Waals surface area (Å²) in [5.74, 6) is 1.80. The molecule has 0 saturated carbocycles. The first-order chi connectivity index (χ1) is 10.3. The fourth-order valence-corrected chi connectivity index (χ4v) is 2.92. The van der Waals surface area contributed by atoms with Crippen molar-refractivity contribution in [3.05, 3.63) is 46.8 Å². The van der Waals surface area contributed by atoms with Gasteiger partial charge >= 0.3 is 0 Å². The van der Waals surface area contributed by atoms with Crippen LogP contribution in [0.15, 0.2) is 28.8 Å². The summed E-state index contributed by atoms with van der Waals surface area (Å²) < 4.78 is 11.0. The molecule has 4 nitrogen and oxygen atoms in total. The summed E-state index contributed by atoms with van der Waals surface area (Å²) in [7, 11) is 0. The number of fused-ring (bicyclic) bond motifs is 1. The first kappa shape index (κ1) is 14.1. The molecular weight excluding hydrogens is 264 g/mol. The van der Waals surface area contributed by atoms with Gasteiger partial charge in [0.1, 0.15) is 23.8 Å². The van der Waals surface area contributed by atoms with Crippen LogP contribution in [-0.4, -0.2) is 11.7 Å². The van der Waals surface area contributed by atoms with Gasteiger partial charge in [-0.25, -0.2) is 0 Å². The Morgan fingerprint density at radius 2 is 2.33 bits per heavy atom. The molecule has 1 heterocycles. The Bertz CT molecular complexity index is 607. The van der Waals surface area contributed by atoms with Gasteiger partial charge in [-0.15, -0.1) is 0 Å². The van der Waals surface area contributed by atoms with Crippen molar-refractivity contribution >= 4 is 0 Å². The van der Waals surface area contributed by atoms with E-state index >= 15 is 0 Å². The lowest BCUT2D eigenvalue weighted by Crippen LogP contribution is -2.19. The van der Waals surface area contributed by atoms with E-state index in [2.05, 4.69) is 29.5 Å². The van der Waals surface area contributed by atoms with Crippen molar-refractivity contribution in [2.45, 2.75) is 45.8 Å². The molecule has 0 aliphatic heterocycles. The van der Waals surface area contributed by atoms with E-state index in [1.165, 1.54) is 11.1 Å². The van der Waals surface area contributed by atoms with Crippen molar-refractivity contribution in [3.8, 4) is 5.75 Å². The monoisotopic (exact) mass is 286 g/mol. The highest BCUT2D eigenvalue weighted by Crippen LogP contribution is 2.37. The van der Waals surface area contributed by atoms with Crippen LogP contribution >= 0.6 is 0 Å². The Labute approximate surface area is 125 Å². The Morgan fingerprint density at radius 3 is 3.10 bits per heavy atom. The lowest BCUT2D eigenvalue weighted by atomic mass is 10.1. The van der Waals surface area contributed by atoms with Crippen LogP contribution in [0.25, 0.3) is 0 Å². The van der Waals surface area contributed by atoms with Gasteiger partial charge in [0.15, 0.2) is 0 Å². The lowest BCUT2D eigenvalue weighted by Gasteiger charge is -2.14. The summed E-state index contributed by atoms with van der Waals surface area (Å²) >= 11 is 0. The van der Waals surface area contributed by atoms with Crippen LogP contribution in [0.2, 0.25) is 0 Å². The van der Waals surface area contributed by atoms with Crippen LogP contribution in [0, 0.1) is 6.92 Å². The molecule has 0 radical (unpaired) electrons. The SMILES string of the molecule is CCCNC1CCc2c(OCc3cc(C)on3)cccc21. The number of hydrogen-bond acceptors (Lipinski definition) is 4. The molecule has 112 valence electrons. The van der Waals surface area contributed by atoms with Gasteiger partial charge in [-0.1, -0.05) is 24.2 Å². The summed E-state index contributed by atoms with van der Waals surface area (Å²) in [6, 6.07) is 8.72. The fraction of sp³-hybridized carbons (Fsp3) is 0.471. The van der Waals surface area contributed by atoms with Crippen LogP contribution in [0.5, 0.6) is 5.75 Å². The number of rotatable bonds is 6. The van der Waals surface area contributed by atoms with Crippen molar-refractivity contribution < 1.29 is 9.26 Å². The fourth-order valence-electron chi connectivity index (χ4n) is 2.92. The quantitative estimate of drug-likeness (QED) is 0.882. The molecule has 1 aliphatic carbocycles. The van der Waals surface area contributed by atoms with Crippen molar-refractivity contribution in [1.29, 1.82) is 0 Å². The summed E-state index contributed by atoms with van der Waals surface area (Å²) in [5, 5.41) is 7.58. The Balaban J connectivity index is 1.71. The topological polar surface area (TPSA) is 47.3 Å². The summed E-state index contributed by atoms with van der Waals surface area (Å²) in [4.78, 5) is 0. The molecule has 1 aromatic carbocycles. The zero-order valence-corrected chi connectivity index (χ0v) is 12.7. The molecule has 2 aromatic rings. The highest BCUT2D eigenvalue weighted by atomic mass is 16.5. The Kier molecular flexibility index (Phi) is 4.25. The first-order valence-electron chi connectivity index (χ1n) is 7.68. The van der Waals surface area contributed by atoms with Crippen LogP contribution < -0.4 is 10.1 Å². The van der Waals surface area contributed by atoms with E-state index in [1.54, 1.807) is 0 Å². The minimum Gasteiger partial charge on any atom is -0.487 e. The maximum Gasteiger partial charge on any atom is 0.134 e. The molecule has 1 N–H and O–H groups in total. The molecule has 0 spiro atoms. The van der Waals surface area contributed by atoms with Gasteiger partial charge in [-0.3, -0.25) is 0 Å². The number of benzene rings is 1. The molecule has 1 aromatic heterocycles. The van der Waals surface area contributed by atoms with E-state index in [4.69, 9.17) is 9.26 Å². The molecule has 1 atom stereocenters. The molecule has 4 heteroatoms. The largest absolute Gasteiger partial charge is 0.487 e. The van der Waals surface area contributed by atoms with E-state index < -0.39 is 0 Å². The lowest BCUT2D eigenvalue weighted by molar-refractivity contribution is 0.285. The number of nitrogens with one attached hydrogen (secondary N) is 1. The van der Waals surface area contributed by atoms with Gasteiger partial charge in [0.05, 0.1) is 0 Å². The molecule has 21 heavy (non-hydrogen) atoms. The normalized spacial score (nSPS) is 17.0. The third-order valence-electron chi connectivity index (χ3n) is 3.92. The standard InChI is InChI=1S/C17H22N2O2/c1-3-9-18-16-8-7-15-14(16)5-4-6-17(15)20-11-13-10-12(2)21-19-13/h4-6,10,16,18H,3,7-9,11H2,1-2H3. The second-order valence-corrected chi connectivity index (χ2v) is 5.59. The Morgan fingerprint density at radius 1 is 1.43 bits per heavy atom. The highest BCUT2D eigenvalue weighted by Gasteiger charge is 2.24. The molecular formula is C17H22N2O2. The molecule has 0 fully saturated rings. The smallest absolute Gasteiger partial charge is 0.134 e. The molecule has 0 amide bonds. The van der Waals surface area contributed by atoms with Crippen molar-refractivity contribution in [2.75, 3.05) is 6.54 Å². The number of aryl methyl sites for hydroxylation is 1. The predicted octanol–water partition coefficient (Wildman–Crippen LogP) is 3.55. The van der Waals surface area contributed by atoms with E-state index in [0.29, 0.717) is 12.6 Å². The molecule has 0 saturated heterocycles. The highest BCUT2D eigenvalue weighted by molar-refractivity contribution is 5.45. The van der Waals surface area contributed by atoms with Crippen LogP contribution in [0.1, 0.15) is 48.4 Å². The third kappa shape index (κ3) is 3.10. The van der Waals surface area contributed by atoms with E-state index in [9.17, 15) is 0 Å². The summed E-state index contributed by atoms with van der Waals surface area (Å²) in [6.45, 7) is 5.61. The number of ether oxygens (including phenoxy) is 1. The Hall–Kier alpha value is -1.81. The van der Waals surface area contributed by atoms with Gasteiger partial charge in [-0.2, -0.15) is 0 Å². The van der Waals surface area contributed by atoms with Gasteiger partial charge in [0.25, 0.3) is 0 Å². The van der Waals surface area contributed by atoms with Crippen LogP contribution in [0.4, 0.5) is 0 Å². The molecule has 0 bridgehead atoms. The second-order valence-electron chi connectivity index (χ2n) is 5.59. The third-order valence-corrected chi connectivity index (χ3v) is 3.92. The minimum atomic E-state index is 0.459. The van der Waals surface area contributed by atoms with Gasteiger partial charge in [0, 0.05) is 12.1 Å². The maximum absolute atomic E-state index is 5.95. The zero-order chi connectivity index (χ0) is 14.7. The van der Waals surface area contributed by atoms with Crippen molar-refractivity contribution in [2.24, 2.45) is 0 Å². The van der Waals surface area contributed by atoms with E-state index in [-0.39, 0.29) is 0 Å². The molecule has 1 aliphatic rings. The van der Waals surface area contributed by atoms with E-state index in [1.807, 2.05) is 19.1 Å². The maximum atomic E-state index is 5.95. The first-order valence-corrected chi connectivity index (χ1v) is 7.68. The summed E-state index contributed by atoms with van der Waals surface area (Å²) in [6.07, 6.45) is 3.39. The van der Waals surface area contributed by atoms with E-state index in [0.717, 1.165) is 43.0 Å². The van der Waals surface area contributed by atoms with Crippen LogP contribution in [-0.2, 0) is 13.0 Å². The number of hydrogen-bond donors (Lipinski definition) is 1. The average molecular weight is 286 g/mol. The number of nitrogens with zero attached hydrogens (tertiary/aromatic N) is 1. The van der Waals surface area contributed by atoms with Crippen LogP contribution in [0.3, 0.4) is 0 Å². The molecule has 3 rings (SSSR count). The average Bonchev–Trinajstić information content (AvgIpc) is 3.09. The van der Waals surface area contributed by atoms with Gasteiger partial charge in [-0.05, 0) is 49.9 Å². The predicted molar refractivity (Wildman–Crippen MR) is 81.4 cm³/mol. The minimum absolute atomic E-state index is 0.459. The zero-order valence-electron chi connectivity index (χ0n) is 12.7. The summed E-state index contributed by atoms with van der Waals surface area (Å²) in [5.41, 5.74) is 3.56. The van der Waals surface area contributed by atoms with Gasteiger partial charge < -0.3 is 14.6 Å².